The Hall–Kier alpha value is -1.38. The predicted molar refractivity (Wildman–Crippen MR) is 63.7 cm³/mol. The lowest BCUT2D eigenvalue weighted by atomic mass is 9.91. The summed E-state index contributed by atoms with van der Waals surface area (Å²) in [6, 6.07) is 2.13. The van der Waals surface area contributed by atoms with Crippen LogP contribution < -0.4 is 0 Å². The molecule has 2 heterocycles. The molecule has 2 aromatic rings. The minimum atomic E-state index is 0.771. The van der Waals surface area contributed by atoms with Crippen molar-refractivity contribution in [3.05, 3.63) is 28.8 Å². The maximum absolute atomic E-state index is 4.66. The monoisotopic (exact) mass is 215 g/mol. The van der Waals surface area contributed by atoms with E-state index in [-0.39, 0.29) is 0 Å². The fourth-order valence-corrected chi connectivity index (χ4v) is 2.71. The molecule has 0 radical (unpaired) electrons. The zero-order chi connectivity index (χ0) is 11.3. The third-order valence-corrected chi connectivity index (χ3v) is 3.50. The molecule has 3 heteroatoms. The van der Waals surface area contributed by atoms with E-state index in [1.165, 1.54) is 23.5 Å². The van der Waals surface area contributed by atoms with Gasteiger partial charge in [0.15, 0.2) is 0 Å². The maximum Gasteiger partial charge on any atom is 0.234 e. The molecule has 2 aromatic heterocycles. The summed E-state index contributed by atoms with van der Waals surface area (Å²) in [5, 5.41) is 0. The van der Waals surface area contributed by atoms with Crippen molar-refractivity contribution in [2.75, 3.05) is 0 Å². The standard InChI is InChI=1S/C13H17N3/c1-8-4-5-11-12(6-8)16-10(3)7-9(2)14-13(16)15-11/h7-8H,4-6H2,1-3H3. The lowest BCUT2D eigenvalue weighted by Gasteiger charge is -2.18. The fourth-order valence-electron chi connectivity index (χ4n) is 2.71. The fraction of sp³-hybridized carbons (Fsp3) is 0.538. The van der Waals surface area contributed by atoms with Crippen LogP contribution >= 0.6 is 0 Å². The van der Waals surface area contributed by atoms with Gasteiger partial charge in [0.05, 0.1) is 5.69 Å². The summed E-state index contributed by atoms with van der Waals surface area (Å²) in [6.45, 7) is 6.49. The van der Waals surface area contributed by atoms with Crippen molar-refractivity contribution < 1.29 is 0 Å². The first-order chi connectivity index (χ1) is 7.65. The van der Waals surface area contributed by atoms with E-state index < -0.39 is 0 Å². The van der Waals surface area contributed by atoms with Crippen molar-refractivity contribution in [2.45, 2.75) is 40.0 Å². The second-order valence-corrected chi connectivity index (χ2v) is 5.03. The number of aryl methyl sites for hydroxylation is 3. The highest BCUT2D eigenvalue weighted by molar-refractivity contribution is 5.40. The first-order valence-electron chi connectivity index (χ1n) is 5.99. The highest BCUT2D eigenvalue weighted by Gasteiger charge is 2.21. The second kappa shape index (κ2) is 3.30. The summed E-state index contributed by atoms with van der Waals surface area (Å²) >= 11 is 0. The van der Waals surface area contributed by atoms with Gasteiger partial charge in [0, 0.05) is 17.1 Å². The molecule has 16 heavy (non-hydrogen) atoms. The predicted octanol–water partition coefficient (Wildman–Crippen LogP) is 2.47. The molecule has 0 bridgehead atoms. The number of rotatable bonds is 0. The van der Waals surface area contributed by atoms with Crippen LogP contribution in [0, 0.1) is 19.8 Å². The van der Waals surface area contributed by atoms with Gasteiger partial charge in [-0.1, -0.05) is 6.92 Å². The molecule has 84 valence electrons. The van der Waals surface area contributed by atoms with E-state index in [0.29, 0.717) is 0 Å². The number of hydrogen-bond donors (Lipinski definition) is 0. The average molecular weight is 215 g/mol. The molecule has 1 unspecified atom stereocenters. The van der Waals surface area contributed by atoms with E-state index in [9.17, 15) is 0 Å². The smallest absolute Gasteiger partial charge is 0.234 e. The van der Waals surface area contributed by atoms with E-state index in [4.69, 9.17) is 0 Å². The Morgan fingerprint density at radius 2 is 2.12 bits per heavy atom. The molecule has 0 fully saturated rings. The SMILES string of the molecule is Cc1cc(C)n2c3c(nc2n1)CCC(C)C3. The maximum atomic E-state index is 4.66. The highest BCUT2D eigenvalue weighted by Crippen LogP contribution is 2.26. The van der Waals surface area contributed by atoms with E-state index in [1.54, 1.807) is 0 Å². The molecule has 0 saturated heterocycles. The molecule has 0 aromatic carbocycles. The van der Waals surface area contributed by atoms with Crippen LogP contribution in [-0.2, 0) is 12.8 Å². The summed E-state index contributed by atoms with van der Waals surface area (Å²) < 4.78 is 2.23. The summed E-state index contributed by atoms with van der Waals surface area (Å²) in [5.74, 6) is 1.66. The molecule has 1 atom stereocenters. The van der Waals surface area contributed by atoms with E-state index in [1.807, 2.05) is 6.92 Å². The lowest BCUT2D eigenvalue weighted by molar-refractivity contribution is 0.487. The van der Waals surface area contributed by atoms with Crippen LogP contribution in [0.5, 0.6) is 0 Å². The van der Waals surface area contributed by atoms with Crippen LogP contribution in [0.25, 0.3) is 5.78 Å². The van der Waals surface area contributed by atoms with Crippen molar-refractivity contribution in [2.24, 2.45) is 5.92 Å². The van der Waals surface area contributed by atoms with Crippen molar-refractivity contribution in [3.63, 3.8) is 0 Å². The van der Waals surface area contributed by atoms with Gasteiger partial charge < -0.3 is 0 Å². The van der Waals surface area contributed by atoms with Crippen LogP contribution in [0.15, 0.2) is 6.07 Å². The molecule has 0 N–H and O–H groups in total. The van der Waals surface area contributed by atoms with Gasteiger partial charge in [-0.3, -0.25) is 4.40 Å². The summed E-state index contributed by atoms with van der Waals surface area (Å²) in [5.41, 5.74) is 4.96. The number of fused-ring (bicyclic) bond motifs is 3. The molecule has 0 saturated carbocycles. The molecule has 1 aliphatic carbocycles. The average Bonchev–Trinajstić information content (AvgIpc) is 2.54. The normalized spacial score (nSPS) is 20.1. The minimum absolute atomic E-state index is 0.771. The van der Waals surface area contributed by atoms with E-state index in [2.05, 4.69) is 34.3 Å². The van der Waals surface area contributed by atoms with Crippen LogP contribution in [0.1, 0.15) is 36.1 Å². The van der Waals surface area contributed by atoms with Gasteiger partial charge in [-0.05, 0) is 45.1 Å². The van der Waals surface area contributed by atoms with Crippen LogP contribution in [0.3, 0.4) is 0 Å². The quantitative estimate of drug-likeness (QED) is 0.675. The number of imidazole rings is 1. The molecule has 3 rings (SSSR count). The van der Waals surface area contributed by atoms with E-state index >= 15 is 0 Å². The van der Waals surface area contributed by atoms with Crippen molar-refractivity contribution in [3.8, 4) is 0 Å². The molecule has 3 nitrogen and oxygen atoms in total. The van der Waals surface area contributed by atoms with Gasteiger partial charge in [-0.15, -0.1) is 0 Å². The largest absolute Gasteiger partial charge is 0.285 e. The summed E-state index contributed by atoms with van der Waals surface area (Å²) in [6.07, 6.45) is 3.51. The molecule has 0 amide bonds. The first-order valence-corrected chi connectivity index (χ1v) is 5.99. The van der Waals surface area contributed by atoms with Crippen LogP contribution in [0.4, 0.5) is 0 Å². The summed E-state index contributed by atoms with van der Waals surface area (Å²) in [7, 11) is 0. The van der Waals surface area contributed by atoms with Gasteiger partial charge in [0.25, 0.3) is 0 Å². The molecular weight excluding hydrogens is 198 g/mol. The van der Waals surface area contributed by atoms with Gasteiger partial charge in [0.2, 0.25) is 5.78 Å². The Bertz CT molecular complexity index is 554. The minimum Gasteiger partial charge on any atom is -0.285 e. The van der Waals surface area contributed by atoms with Crippen LogP contribution in [0.2, 0.25) is 0 Å². The number of aromatic nitrogens is 3. The lowest BCUT2D eigenvalue weighted by Crippen LogP contribution is -2.13. The Morgan fingerprint density at radius 1 is 1.31 bits per heavy atom. The summed E-state index contributed by atoms with van der Waals surface area (Å²) in [4.78, 5) is 9.18. The molecular formula is C13H17N3. The Morgan fingerprint density at radius 3 is 2.94 bits per heavy atom. The first kappa shape index (κ1) is 9.82. The molecule has 0 spiro atoms. The number of nitrogens with zero attached hydrogens (tertiary/aromatic N) is 3. The second-order valence-electron chi connectivity index (χ2n) is 5.03. The van der Waals surface area contributed by atoms with Gasteiger partial charge in [0.1, 0.15) is 0 Å². The third kappa shape index (κ3) is 1.34. The van der Waals surface area contributed by atoms with Crippen molar-refractivity contribution >= 4 is 5.78 Å². The van der Waals surface area contributed by atoms with E-state index in [0.717, 1.165) is 30.2 Å². The molecule has 0 aliphatic heterocycles. The molecule has 1 aliphatic rings. The van der Waals surface area contributed by atoms with Gasteiger partial charge >= 0.3 is 0 Å². The third-order valence-electron chi connectivity index (χ3n) is 3.50. The van der Waals surface area contributed by atoms with Gasteiger partial charge in [-0.2, -0.15) is 0 Å². The zero-order valence-electron chi connectivity index (χ0n) is 10.1. The topological polar surface area (TPSA) is 30.2 Å². The van der Waals surface area contributed by atoms with Crippen LogP contribution in [-0.4, -0.2) is 14.4 Å². The number of hydrogen-bond acceptors (Lipinski definition) is 2. The highest BCUT2D eigenvalue weighted by atomic mass is 15.1. The Kier molecular flexibility index (Phi) is 2.03. The Balaban J connectivity index is 2.30. The van der Waals surface area contributed by atoms with Crippen molar-refractivity contribution in [1.82, 2.24) is 14.4 Å². The van der Waals surface area contributed by atoms with Crippen molar-refractivity contribution in [1.29, 1.82) is 0 Å². The zero-order valence-corrected chi connectivity index (χ0v) is 10.1. The van der Waals surface area contributed by atoms with Gasteiger partial charge in [-0.25, -0.2) is 9.97 Å². The Labute approximate surface area is 95.5 Å².